The Kier molecular flexibility index (Phi) is 9.42. The van der Waals surface area contributed by atoms with Crippen LogP contribution in [-0.2, 0) is 32.1 Å². The number of nitrogens with zero attached hydrogens (tertiary/aromatic N) is 2. The zero-order chi connectivity index (χ0) is 25.2. The first kappa shape index (κ1) is 26.0. The molecule has 7 heteroatoms. The molecule has 1 aliphatic rings. The highest BCUT2D eigenvalue weighted by Gasteiger charge is 2.36. The van der Waals surface area contributed by atoms with Gasteiger partial charge in [-0.15, -0.1) is 0 Å². The average Bonchev–Trinajstić information content (AvgIpc) is 2.90. The fourth-order valence-electron chi connectivity index (χ4n) is 4.66. The summed E-state index contributed by atoms with van der Waals surface area (Å²) in [6.45, 7) is 0.361. The van der Waals surface area contributed by atoms with Crippen molar-refractivity contribution in [3.05, 3.63) is 71.3 Å². The van der Waals surface area contributed by atoms with Crippen LogP contribution in [0.15, 0.2) is 54.6 Å². The molecule has 2 atom stereocenters. The van der Waals surface area contributed by atoms with Gasteiger partial charge in [-0.25, -0.2) is 4.79 Å². The number of esters is 1. The normalized spacial score (nSPS) is 15.3. The van der Waals surface area contributed by atoms with Crippen LogP contribution < -0.4 is 5.32 Å². The molecule has 0 aromatic heterocycles. The second kappa shape index (κ2) is 12.7. The van der Waals surface area contributed by atoms with Gasteiger partial charge in [0.15, 0.2) is 0 Å². The summed E-state index contributed by atoms with van der Waals surface area (Å²) in [6, 6.07) is 17.7. The number of carbonyl (C=O) groups is 3. The summed E-state index contributed by atoms with van der Waals surface area (Å²) in [7, 11) is 2.99. The van der Waals surface area contributed by atoms with Crippen molar-refractivity contribution in [2.24, 2.45) is 11.8 Å². The van der Waals surface area contributed by atoms with E-state index in [-0.39, 0.29) is 18.2 Å². The molecule has 1 unspecified atom stereocenters. The Bertz CT molecular complexity index is 1040. The smallest absolute Gasteiger partial charge is 0.328 e. The number of benzene rings is 2. The van der Waals surface area contributed by atoms with Gasteiger partial charge in [0.25, 0.3) is 0 Å². The largest absolute Gasteiger partial charge is 0.467 e. The zero-order valence-electron chi connectivity index (χ0n) is 20.4. The van der Waals surface area contributed by atoms with Gasteiger partial charge < -0.3 is 15.0 Å². The number of hydrogen-bond acceptors (Lipinski definition) is 5. The Balaban J connectivity index is 1.83. The fraction of sp³-hybridized carbons (Fsp3) is 0.429. The maximum atomic E-state index is 13.5. The lowest BCUT2D eigenvalue weighted by Gasteiger charge is -2.31. The number of hydrogen-bond donors (Lipinski definition) is 1. The first-order chi connectivity index (χ1) is 16.9. The van der Waals surface area contributed by atoms with Crippen molar-refractivity contribution < 1.29 is 19.1 Å². The highest BCUT2D eigenvalue weighted by molar-refractivity contribution is 6.01. The molecule has 1 saturated carbocycles. The van der Waals surface area contributed by atoms with Crippen LogP contribution in [0, 0.1) is 23.2 Å². The molecule has 0 radical (unpaired) electrons. The van der Waals surface area contributed by atoms with Gasteiger partial charge in [-0.1, -0.05) is 61.7 Å². The molecule has 0 saturated heterocycles. The second-order valence-electron chi connectivity index (χ2n) is 9.15. The van der Waals surface area contributed by atoms with Crippen molar-refractivity contribution in [1.82, 2.24) is 10.2 Å². The SMILES string of the molecule is COC(=O)C(NC(=O)[C@H](Cc1ccc(C#N)cc1)C(=O)N(C)Cc1ccccc1)C1CCCCC1. The molecule has 3 rings (SSSR count). The van der Waals surface area contributed by atoms with E-state index < -0.39 is 23.8 Å². The molecular formula is C28H33N3O4. The minimum absolute atomic E-state index is 0.00661. The van der Waals surface area contributed by atoms with Gasteiger partial charge in [0.05, 0.1) is 18.7 Å². The molecule has 0 aliphatic heterocycles. The number of nitrogens with one attached hydrogen (secondary N) is 1. The van der Waals surface area contributed by atoms with E-state index in [0.29, 0.717) is 12.1 Å². The van der Waals surface area contributed by atoms with Crippen molar-refractivity contribution >= 4 is 17.8 Å². The monoisotopic (exact) mass is 475 g/mol. The van der Waals surface area contributed by atoms with Crippen LogP contribution in [0.3, 0.4) is 0 Å². The molecule has 184 valence electrons. The van der Waals surface area contributed by atoms with Crippen molar-refractivity contribution in [2.75, 3.05) is 14.2 Å². The summed E-state index contributed by atoms with van der Waals surface area (Å²) in [4.78, 5) is 41.2. The number of nitriles is 1. The molecule has 0 spiro atoms. The predicted octanol–water partition coefficient (Wildman–Crippen LogP) is 3.61. The third-order valence-corrected chi connectivity index (χ3v) is 6.65. The van der Waals surface area contributed by atoms with Crippen molar-refractivity contribution in [1.29, 1.82) is 5.26 Å². The summed E-state index contributed by atoms with van der Waals surface area (Å²) in [5, 5.41) is 11.9. The molecule has 2 aromatic carbocycles. The summed E-state index contributed by atoms with van der Waals surface area (Å²) in [5.74, 6) is -2.32. The van der Waals surface area contributed by atoms with Crippen molar-refractivity contribution in [3.8, 4) is 6.07 Å². The highest BCUT2D eigenvalue weighted by Crippen LogP contribution is 2.27. The van der Waals surface area contributed by atoms with Gasteiger partial charge in [-0.05, 0) is 48.4 Å². The Labute approximate surface area is 207 Å². The van der Waals surface area contributed by atoms with E-state index in [9.17, 15) is 14.4 Å². The lowest BCUT2D eigenvalue weighted by molar-refractivity contribution is -0.150. The van der Waals surface area contributed by atoms with E-state index in [1.54, 1.807) is 31.3 Å². The maximum absolute atomic E-state index is 13.5. The van der Waals surface area contributed by atoms with Crippen LogP contribution in [0.4, 0.5) is 0 Å². The van der Waals surface area contributed by atoms with Gasteiger partial charge in [0.2, 0.25) is 11.8 Å². The first-order valence-corrected chi connectivity index (χ1v) is 12.1. The Hall–Kier alpha value is -3.66. The van der Waals surface area contributed by atoms with Crippen LogP contribution >= 0.6 is 0 Å². The standard InChI is InChI=1S/C28H33N3O4/c1-31(19-22-9-5-3-6-10-22)27(33)24(17-20-13-15-21(18-29)16-14-20)26(32)30-25(28(34)35-2)23-11-7-4-8-12-23/h3,5-6,9-10,13-16,23-25H,4,7-8,11-12,17,19H2,1-2H3,(H,30,32)/t24-,25?/m0/s1. The number of ether oxygens (including phenoxy) is 1. The van der Waals surface area contributed by atoms with Crippen LogP contribution in [0.1, 0.15) is 48.8 Å². The van der Waals surface area contributed by atoms with E-state index in [2.05, 4.69) is 11.4 Å². The molecule has 7 nitrogen and oxygen atoms in total. The molecule has 35 heavy (non-hydrogen) atoms. The van der Waals surface area contributed by atoms with Crippen LogP contribution in [0.5, 0.6) is 0 Å². The van der Waals surface area contributed by atoms with Crippen molar-refractivity contribution in [3.63, 3.8) is 0 Å². The Morgan fingerprint density at radius 1 is 1.03 bits per heavy atom. The van der Waals surface area contributed by atoms with E-state index in [0.717, 1.165) is 43.2 Å². The number of rotatable bonds is 9. The number of carbonyl (C=O) groups excluding carboxylic acids is 3. The number of methoxy groups -OCH3 is 1. The van der Waals surface area contributed by atoms with E-state index >= 15 is 0 Å². The number of amides is 2. The Morgan fingerprint density at radius 3 is 2.29 bits per heavy atom. The van der Waals surface area contributed by atoms with E-state index in [4.69, 9.17) is 10.00 Å². The lowest BCUT2D eigenvalue weighted by Crippen LogP contribution is -2.52. The van der Waals surface area contributed by atoms with Crippen LogP contribution in [0.25, 0.3) is 0 Å². The summed E-state index contributed by atoms with van der Waals surface area (Å²) >= 11 is 0. The Morgan fingerprint density at radius 2 is 1.69 bits per heavy atom. The topological polar surface area (TPSA) is 99.5 Å². The maximum Gasteiger partial charge on any atom is 0.328 e. The highest BCUT2D eigenvalue weighted by atomic mass is 16.5. The van der Waals surface area contributed by atoms with Crippen molar-refractivity contribution in [2.45, 2.75) is 51.1 Å². The minimum Gasteiger partial charge on any atom is -0.467 e. The van der Waals surface area contributed by atoms with E-state index in [1.807, 2.05) is 30.3 Å². The van der Waals surface area contributed by atoms with Gasteiger partial charge in [-0.2, -0.15) is 5.26 Å². The molecule has 1 aliphatic carbocycles. The van der Waals surface area contributed by atoms with Crippen LogP contribution in [0.2, 0.25) is 0 Å². The minimum atomic E-state index is -1.02. The summed E-state index contributed by atoms with van der Waals surface area (Å²) in [5.41, 5.74) is 2.22. The quantitative estimate of drug-likeness (QED) is 0.441. The van der Waals surface area contributed by atoms with Gasteiger partial charge in [0.1, 0.15) is 12.0 Å². The third-order valence-electron chi connectivity index (χ3n) is 6.65. The zero-order valence-corrected chi connectivity index (χ0v) is 20.4. The lowest BCUT2D eigenvalue weighted by atomic mass is 9.83. The molecule has 1 fully saturated rings. The molecule has 0 heterocycles. The molecular weight excluding hydrogens is 442 g/mol. The summed E-state index contributed by atoms with van der Waals surface area (Å²) < 4.78 is 5.00. The molecule has 0 bridgehead atoms. The molecule has 2 amide bonds. The summed E-state index contributed by atoms with van der Waals surface area (Å²) in [6.07, 6.45) is 4.95. The molecule has 2 aromatic rings. The predicted molar refractivity (Wildman–Crippen MR) is 132 cm³/mol. The first-order valence-electron chi connectivity index (χ1n) is 12.1. The van der Waals surface area contributed by atoms with Crippen LogP contribution in [-0.4, -0.2) is 42.9 Å². The third kappa shape index (κ3) is 7.16. The van der Waals surface area contributed by atoms with E-state index in [1.165, 1.54) is 12.0 Å². The van der Waals surface area contributed by atoms with Gasteiger partial charge in [-0.3, -0.25) is 9.59 Å². The average molecular weight is 476 g/mol. The second-order valence-corrected chi connectivity index (χ2v) is 9.15. The van der Waals surface area contributed by atoms with Gasteiger partial charge in [0, 0.05) is 13.6 Å². The fourth-order valence-corrected chi connectivity index (χ4v) is 4.66. The van der Waals surface area contributed by atoms with Gasteiger partial charge >= 0.3 is 5.97 Å². The molecule has 1 N–H and O–H groups in total.